The van der Waals surface area contributed by atoms with E-state index < -0.39 is 5.97 Å². The van der Waals surface area contributed by atoms with Crippen LogP contribution in [0.2, 0.25) is 0 Å². The zero-order valence-corrected chi connectivity index (χ0v) is 20.0. The van der Waals surface area contributed by atoms with Gasteiger partial charge in [0.05, 0.1) is 31.0 Å². The summed E-state index contributed by atoms with van der Waals surface area (Å²) in [6, 6.07) is 14.8. The van der Waals surface area contributed by atoms with Crippen molar-refractivity contribution < 1.29 is 23.8 Å². The number of ether oxygens (including phenoxy) is 3. The van der Waals surface area contributed by atoms with E-state index in [1.807, 2.05) is 55.1 Å². The summed E-state index contributed by atoms with van der Waals surface area (Å²) in [7, 11) is 3.14. The number of fused-ring (bicyclic) bond motifs is 1. The molecule has 2 aromatic carbocycles. The lowest BCUT2D eigenvalue weighted by Gasteiger charge is -2.38. The Balaban J connectivity index is 1.63. The Hall–Kier alpha value is -3.61. The van der Waals surface area contributed by atoms with Crippen molar-refractivity contribution in [1.29, 1.82) is 0 Å². The van der Waals surface area contributed by atoms with Gasteiger partial charge in [0.1, 0.15) is 0 Å². The van der Waals surface area contributed by atoms with E-state index in [0.29, 0.717) is 33.7 Å². The van der Waals surface area contributed by atoms with Gasteiger partial charge >= 0.3 is 5.97 Å². The highest BCUT2D eigenvalue weighted by atomic mass is 16.5. The highest BCUT2D eigenvalue weighted by Gasteiger charge is 2.29. The summed E-state index contributed by atoms with van der Waals surface area (Å²) in [6.45, 7) is 3.80. The number of methoxy groups -OCH3 is 2. The molecule has 2 atom stereocenters. The van der Waals surface area contributed by atoms with Gasteiger partial charge in [-0.25, -0.2) is 9.78 Å². The fraction of sp³-hybridized carbons (Fsp3) is 0.370. The van der Waals surface area contributed by atoms with E-state index in [4.69, 9.17) is 19.2 Å². The Kier molecular flexibility index (Phi) is 7.01. The minimum Gasteiger partial charge on any atom is -0.493 e. The summed E-state index contributed by atoms with van der Waals surface area (Å²) in [4.78, 5) is 32.6. The van der Waals surface area contributed by atoms with Crippen LogP contribution in [0.5, 0.6) is 11.5 Å². The van der Waals surface area contributed by atoms with Crippen LogP contribution in [-0.4, -0.2) is 54.7 Å². The Labute approximate surface area is 199 Å². The molecule has 178 valence electrons. The van der Waals surface area contributed by atoms with Gasteiger partial charge in [0.25, 0.3) is 5.91 Å². The second-order valence-corrected chi connectivity index (χ2v) is 8.65. The predicted octanol–water partition coefficient (Wildman–Crippen LogP) is 4.87. The number of carbonyl (C=O) groups excluding carboxylic acids is 2. The molecule has 1 fully saturated rings. The molecule has 34 heavy (non-hydrogen) atoms. The number of pyridine rings is 1. The van der Waals surface area contributed by atoms with Crippen molar-refractivity contribution in [3.8, 4) is 22.8 Å². The summed E-state index contributed by atoms with van der Waals surface area (Å²) in [5.74, 6) is 0.457. The molecule has 0 unspecified atom stereocenters. The van der Waals surface area contributed by atoms with Crippen LogP contribution in [0.15, 0.2) is 48.5 Å². The monoisotopic (exact) mass is 462 g/mol. The molecule has 3 aromatic rings. The maximum absolute atomic E-state index is 13.2. The molecule has 0 aliphatic carbocycles. The van der Waals surface area contributed by atoms with Crippen molar-refractivity contribution in [2.45, 2.75) is 45.2 Å². The number of esters is 1. The van der Waals surface area contributed by atoms with Gasteiger partial charge < -0.3 is 19.1 Å². The van der Waals surface area contributed by atoms with Gasteiger partial charge in [-0.3, -0.25) is 4.79 Å². The number of aromatic nitrogens is 1. The largest absolute Gasteiger partial charge is 0.493 e. The van der Waals surface area contributed by atoms with Gasteiger partial charge in [0, 0.05) is 23.0 Å². The fourth-order valence-corrected chi connectivity index (χ4v) is 4.68. The maximum Gasteiger partial charge on any atom is 0.339 e. The molecule has 0 N–H and O–H groups in total. The van der Waals surface area contributed by atoms with Crippen LogP contribution >= 0.6 is 0 Å². The van der Waals surface area contributed by atoms with Crippen molar-refractivity contribution in [3.63, 3.8) is 0 Å². The summed E-state index contributed by atoms with van der Waals surface area (Å²) < 4.78 is 16.3. The standard InChI is InChI=1S/C27H30N2O5/c1-17-8-7-9-18(2)29(17)26(30)16-34-27(31)21-15-23(28-22-11-6-5-10-20(21)22)19-12-13-24(32-3)25(14-19)33-4/h5-6,10-15,17-18H,7-9,16H2,1-4H3/t17-,18-/m1/s1. The van der Waals surface area contributed by atoms with E-state index in [9.17, 15) is 9.59 Å². The van der Waals surface area contributed by atoms with E-state index in [0.717, 1.165) is 24.8 Å². The van der Waals surface area contributed by atoms with Gasteiger partial charge in [-0.05, 0) is 63.4 Å². The van der Waals surface area contributed by atoms with Crippen LogP contribution in [0.25, 0.3) is 22.2 Å². The zero-order chi connectivity index (χ0) is 24.2. The molecule has 1 aliphatic rings. The third-order valence-electron chi connectivity index (χ3n) is 6.42. The average molecular weight is 463 g/mol. The molecule has 2 heterocycles. The first kappa shape index (κ1) is 23.5. The molecule has 1 saturated heterocycles. The molecule has 1 aliphatic heterocycles. The lowest BCUT2D eigenvalue weighted by molar-refractivity contribution is -0.140. The molecular formula is C27H30N2O5. The highest BCUT2D eigenvalue weighted by molar-refractivity contribution is 6.05. The third-order valence-corrected chi connectivity index (χ3v) is 6.42. The minimum atomic E-state index is -0.550. The second-order valence-electron chi connectivity index (χ2n) is 8.65. The van der Waals surface area contributed by atoms with Gasteiger partial charge in [-0.1, -0.05) is 18.2 Å². The van der Waals surface area contributed by atoms with E-state index in [1.54, 1.807) is 26.4 Å². The molecule has 4 rings (SSSR count). The number of likely N-dealkylation sites (tertiary alicyclic amines) is 1. The third kappa shape index (κ3) is 4.69. The van der Waals surface area contributed by atoms with Gasteiger partial charge in [-0.2, -0.15) is 0 Å². The first-order valence-electron chi connectivity index (χ1n) is 11.5. The summed E-state index contributed by atoms with van der Waals surface area (Å²) in [5.41, 5.74) is 2.38. The first-order chi connectivity index (χ1) is 16.4. The number of benzene rings is 2. The van der Waals surface area contributed by atoms with Crippen molar-refractivity contribution in [2.75, 3.05) is 20.8 Å². The molecule has 0 radical (unpaired) electrons. The topological polar surface area (TPSA) is 78.0 Å². The number of amides is 1. The van der Waals surface area contributed by atoms with Gasteiger partial charge in [-0.15, -0.1) is 0 Å². The predicted molar refractivity (Wildman–Crippen MR) is 130 cm³/mol. The maximum atomic E-state index is 13.2. The number of carbonyl (C=O) groups is 2. The van der Waals surface area contributed by atoms with Crippen LogP contribution in [0.4, 0.5) is 0 Å². The Morgan fingerprint density at radius 2 is 1.68 bits per heavy atom. The fourth-order valence-electron chi connectivity index (χ4n) is 4.68. The Bertz CT molecular complexity index is 1200. The molecule has 7 heteroatoms. The minimum absolute atomic E-state index is 0.147. The van der Waals surface area contributed by atoms with Crippen LogP contribution in [0.1, 0.15) is 43.5 Å². The number of hydrogen-bond acceptors (Lipinski definition) is 6. The molecule has 1 amide bonds. The average Bonchev–Trinajstić information content (AvgIpc) is 2.86. The molecule has 0 saturated carbocycles. The number of piperidine rings is 1. The van der Waals surface area contributed by atoms with Crippen molar-refractivity contribution >= 4 is 22.8 Å². The second kappa shape index (κ2) is 10.1. The van der Waals surface area contributed by atoms with Crippen LogP contribution in [-0.2, 0) is 9.53 Å². The highest BCUT2D eigenvalue weighted by Crippen LogP contribution is 2.33. The van der Waals surface area contributed by atoms with Gasteiger partial charge in [0.15, 0.2) is 18.1 Å². The first-order valence-corrected chi connectivity index (χ1v) is 11.5. The molecule has 1 aromatic heterocycles. The molecule has 0 bridgehead atoms. The SMILES string of the molecule is COc1ccc(-c2cc(C(=O)OCC(=O)N3[C@H](C)CCC[C@H]3C)c3ccccc3n2)cc1OC. The molecule has 7 nitrogen and oxygen atoms in total. The zero-order valence-electron chi connectivity index (χ0n) is 20.0. The normalized spacial score (nSPS) is 17.9. The number of para-hydroxylation sites is 1. The van der Waals surface area contributed by atoms with E-state index in [2.05, 4.69) is 0 Å². The molecular weight excluding hydrogens is 432 g/mol. The smallest absolute Gasteiger partial charge is 0.339 e. The van der Waals surface area contributed by atoms with E-state index in [1.165, 1.54) is 0 Å². The van der Waals surface area contributed by atoms with E-state index in [-0.39, 0.29) is 24.6 Å². The van der Waals surface area contributed by atoms with Crippen LogP contribution < -0.4 is 9.47 Å². The van der Waals surface area contributed by atoms with E-state index >= 15 is 0 Å². The lowest BCUT2D eigenvalue weighted by atomic mass is 9.97. The number of hydrogen-bond donors (Lipinski definition) is 0. The van der Waals surface area contributed by atoms with Crippen LogP contribution in [0.3, 0.4) is 0 Å². The Morgan fingerprint density at radius 3 is 2.38 bits per heavy atom. The Morgan fingerprint density at radius 1 is 0.971 bits per heavy atom. The quantitative estimate of drug-likeness (QED) is 0.487. The van der Waals surface area contributed by atoms with Crippen molar-refractivity contribution in [1.82, 2.24) is 9.88 Å². The van der Waals surface area contributed by atoms with Crippen molar-refractivity contribution in [2.24, 2.45) is 0 Å². The summed E-state index contributed by atoms with van der Waals surface area (Å²) in [6.07, 6.45) is 3.04. The van der Waals surface area contributed by atoms with Crippen molar-refractivity contribution in [3.05, 3.63) is 54.1 Å². The number of rotatable bonds is 6. The summed E-state index contributed by atoms with van der Waals surface area (Å²) in [5, 5.41) is 0.670. The lowest BCUT2D eigenvalue weighted by Crippen LogP contribution is -2.49. The molecule has 0 spiro atoms. The van der Waals surface area contributed by atoms with Gasteiger partial charge in [0.2, 0.25) is 0 Å². The number of nitrogens with zero attached hydrogens (tertiary/aromatic N) is 2. The summed E-state index contributed by atoms with van der Waals surface area (Å²) >= 11 is 0. The van der Waals surface area contributed by atoms with Crippen LogP contribution in [0, 0.1) is 0 Å².